The summed E-state index contributed by atoms with van der Waals surface area (Å²) in [5.74, 6) is -0.0640. The van der Waals surface area contributed by atoms with E-state index in [0.717, 1.165) is 167 Å². The molecule has 16 rings (SSSR count). The van der Waals surface area contributed by atoms with E-state index in [1.54, 1.807) is 18.2 Å². The molecule has 49 heteroatoms. The number of aromatic nitrogens is 8. The topological polar surface area (TPSA) is 388 Å². The lowest BCUT2D eigenvalue weighted by atomic mass is 9.84. The number of anilines is 8. The van der Waals surface area contributed by atoms with E-state index in [9.17, 15) is 96.2 Å². The molecule has 8 aromatic rings. The van der Waals surface area contributed by atoms with Gasteiger partial charge in [-0.1, -0.05) is 79.2 Å². The minimum Gasteiger partial charge on any atom is -0.405 e. The number of nitro groups is 3. The highest BCUT2D eigenvalue weighted by molar-refractivity contribution is 5.60. The summed E-state index contributed by atoms with van der Waals surface area (Å²) in [4.78, 5) is 75.2. The largest absolute Gasteiger partial charge is 0.573 e. The number of hydrogen-bond donors (Lipinski definition) is 8. The van der Waals surface area contributed by atoms with Crippen LogP contribution < -0.4 is 61.5 Å². The van der Waals surface area contributed by atoms with Gasteiger partial charge < -0.3 is 80.9 Å². The molecule has 142 heavy (non-hydrogen) atoms. The van der Waals surface area contributed by atoms with Gasteiger partial charge in [0.25, 0.3) is 0 Å². The Morgan fingerprint density at radius 2 is 0.549 bits per heavy atom. The fourth-order valence-electron chi connectivity index (χ4n) is 19.0. The van der Waals surface area contributed by atoms with Crippen LogP contribution in [0.1, 0.15) is 169 Å². The summed E-state index contributed by atoms with van der Waals surface area (Å²) in [5.41, 5.74) is -0.857. The van der Waals surface area contributed by atoms with E-state index in [-0.39, 0.29) is 136 Å². The Morgan fingerprint density at radius 1 is 0.310 bits per heavy atom. The predicted molar refractivity (Wildman–Crippen MR) is 497 cm³/mol. The number of nitrogens with zero attached hydrogens (tertiary/aromatic N) is 15. The van der Waals surface area contributed by atoms with Gasteiger partial charge in [0.1, 0.15) is 53.0 Å². The van der Waals surface area contributed by atoms with Crippen molar-refractivity contribution in [3.05, 3.63) is 180 Å². The molecule has 4 saturated carbocycles. The molecule has 4 saturated heterocycles. The number of hydrogen-bond acceptors (Lipinski definition) is 31. The van der Waals surface area contributed by atoms with Gasteiger partial charge in [-0.2, -0.15) is 33.1 Å². The van der Waals surface area contributed by atoms with Gasteiger partial charge in [0, 0.05) is 118 Å². The number of halogens is 15. The van der Waals surface area contributed by atoms with Crippen molar-refractivity contribution in [1.29, 1.82) is 0 Å². The first-order valence-electron chi connectivity index (χ1n) is 47.7. The minimum absolute atomic E-state index is 0.0516. The molecule has 774 valence electrons. The molecule has 0 amide bonds. The lowest BCUT2D eigenvalue weighted by Gasteiger charge is -2.42. The normalized spacial score (nSPS) is 21.1. The van der Waals surface area contributed by atoms with Gasteiger partial charge in [0.05, 0.1) is 28.0 Å². The van der Waals surface area contributed by atoms with Crippen molar-refractivity contribution < 1.29 is 104 Å². The Balaban J connectivity index is 0.000000159. The summed E-state index contributed by atoms with van der Waals surface area (Å²) in [6, 6.07) is 25.0. The van der Waals surface area contributed by atoms with E-state index >= 15 is 0 Å². The summed E-state index contributed by atoms with van der Waals surface area (Å²) in [5, 5.41) is 57.8. The van der Waals surface area contributed by atoms with E-state index in [2.05, 4.69) is 121 Å². The molecule has 4 aliphatic carbocycles. The van der Waals surface area contributed by atoms with E-state index < -0.39 is 57.7 Å². The molecular formula is C93H116F15N23O11. The summed E-state index contributed by atoms with van der Waals surface area (Å²) in [6.07, 6.45) is 4.41. The van der Waals surface area contributed by atoms with Crippen LogP contribution >= 0.6 is 0 Å². The number of likely N-dealkylation sites (tertiary alicyclic amines) is 3. The van der Waals surface area contributed by atoms with Gasteiger partial charge in [-0.25, -0.2) is 19.9 Å². The third-order valence-corrected chi connectivity index (χ3v) is 26.6. The second-order valence-corrected chi connectivity index (χ2v) is 36.1. The molecule has 34 nitrogen and oxygen atoms in total. The number of alkyl halides is 15. The summed E-state index contributed by atoms with van der Waals surface area (Å²) >= 11 is 0. The second kappa shape index (κ2) is 50.6. The minimum atomic E-state index is -4.87. The zero-order valence-corrected chi connectivity index (χ0v) is 77.8. The van der Waals surface area contributed by atoms with E-state index in [1.807, 2.05) is 0 Å². The molecule has 0 bridgehead atoms. The van der Waals surface area contributed by atoms with Crippen LogP contribution in [0.15, 0.2) is 122 Å². The van der Waals surface area contributed by atoms with Crippen LogP contribution in [0.3, 0.4) is 0 Å². The first kappa shape index (κ1) is 107. The Labute approximate surface area is 808 Å². The van der Waals surface area contributed by atoms with Crippen molar-refractivity contribution >= 4 is 64.1 Å². The zero-order chi connectivity index (χ0) is 101. The SMILES string of the molecule is FC(F)(F)Oc1ccccc1CNc1ncc(C(F)(F)F)c(NCC2CCC(N3CCCC3)CC2)n1.O=[N+]([O-])c1cnc(NCc2ccccc2OC(F)(F)F)nc1NCC1CCC(N2CCC2)CC1.O=[N+]([O-])c1cnc(NCc2ccccc2OC(F)(F)F)nc1NCC1CCC(N2CCCCC2)CC1.O=[N+]([O-])c1cnc(NCc2ccccc2OC(F)(F)F)nc1NCC1CCC(N2CCOCC2)CC1. The van der Waals surface area contributed by atoms with Crippen LogP contribution in [0.5, 0.6) is 23.0 Å². The molecule has 0 spiro atoms. The molecule has 8 N–H and O–H groups in total. The van der Waals surface area contributed by atoms with E-state index in [0.29, 0.717) is 74.3 Å². The number of nitrogens with one attached hydrogen (secondary N) is 8. The Hall–Kier alpha value is -12.3. The molecule has 8 aliphatic rings. The van der Waals surface area contributed by atoms with Crippen molar-refractivity contribution in [2.45, 2.75) is 223 Å². The molecule has 0 atom stereocenters. The van der Waals surface area contributed by atoms with Crippen molar-refractivity contribution in [2.24, 2.45) is 23.7 Å². The predicted octanol–water partition coefficient (Wildman–Crippen LogP) is 20.2. The fraction of sp³-hybridized carbons (Fsp3) is 0.570. The van der Waals surface area contributed by atoms with Crippen LogP contribution in [0.4, 0.5) is 130 Å². The van der Waals surface area contributed by atoms with Gasteiger partial charge in [-0.3, -0.25) is 35.2 Å². The van der Waals surface area contributed by atoms with Crippen LogP contribution in [0.25, 0.3) is 0 Å². The van der Waals surface area contributed by atoms with Crippen molar-refractivity contribution in [3.8, 4) is 23.0 Å². The van der Waals surface area contributed by atoms with Crippen LogP contribution in [0.2, 0.25) is 0 Å². The smallest absolute Gasteiger partial charge is 0.405 e. The van der Waals surface area contributed by atoms with Gasteiger partial charge in [0.2, 0.25) is 41.2 Å². The zero-order valence-electron chi connectivity index (χ0n) is 77.8. The van der Waals surface area contributed by atoms with Crippen molar-refractivity contribution in [3.63, 3.8) is 0 Å². The van der Waals surface area contributed by atoms with Gasteiger partial charge in [-0.05, 0) is 222 Å². The Kier molecular flexibility index (Phi) is 38.2. The van der Waals surface area contributed by atoms with Crippen LogP contribution in [0, 0.1) is 54.0 Å². The number of rotatable bonds is 35. The maximum absolute atomic E-state index is 13.6. The van der Waals surface area contributed by atoms with Crippen molar-refractivity contribution in [2.75, 3.05) is 134 Å². The summed E-state index contributed by atoms with van der Waals surface area (Å²) in [7, 11) is 0. The average molecular weight is 2020 g/mol. The number of morpholine rings is 1. The lowest BCUT2D eigenvalue weighted by Crippen LogP contribution is -2.46. The standard InChI is InChI=1S/C24H29F6N5O.C24H31F3N6O3.C23H29F3N6O4.C22H27F3N6O3/c25-23(26,27)19-15-33-22(32-14-17-5-1-2-6-20(17)36-24(28,29)30)34-21(19)31-13-16-7-9-18(10-8-16)35-11-3-4-12-35;25-24(26,27)36-21-7-3-2-6-18(21)15-29-23-30-16-20(33(34)35)22(31-23)28-14-17-8-10-19(11-9-17)32-12-4-1-5-13-32;24-23(25,26)36-20-4-2-1-3-17(20)14-28-22-29-15-19(32(33)34)21(30-22)27-13-16-5-7-18(8-6-16)31-9-11-35-12-10-31;23-22(24,25)34-19-5-2-1-4-16(19)13-27-21-28-14-18(31(32)33)20(29-21)26-12-15-6-8-17(9-7-15)30-10-3-11-30/h1-2,5-6,15-16,18H,3-4,7-14H2,(H2,31,32,33,34);2-3,6-7,16-17,19H,1,4-5,8-15H2,(H2,28,29,30,31);1-4,15-16,18H,5-14H2,(H2,27,28,29,30);1-2,4-5,14-15,17H,3,6-13H2,(H2,26,27,28,29). The number of piperidine rings is 1. The molecular weight excluding hydrogens is 1900 g/mol. The third-order valence-electron chi connectivity index (χ3n) is 26.6. The molecule has 8 fully saturated rings. The summed E-state index contributed by atoms with van der Waals surface area (Å²) in [6.45, 7) is 12.2. The molecule has 0 unspecified atom stereocenters. The number of ether oxygens (including phenoxy) is 5. The highest BCUT2D eigenvalue weighted by Gasteiger charge is 2.41. The summed E-state index contributed by atoms with van der Waals surface area (Å²) < 4.78 is 214. The maximum Gasteiger partial charge on any atom is 0.573 e. The monoisotopic (exact) mass is 2020 g/mol. The van der Waals surface area contributed by atoms with Gasteiger partial charge >= 0.3 is 48.7 Å². The molecule has 0 radical (unpaired) electrons. The van der Waals surface area contributed by atoms with E-state index in [1.165, 1.54) is 138 Å². The highest BCUT2D eigenvalue weighted by Crippen LogP contribution is 2.41. The highest BCUT2D eigenvalue weighted by atomic mass is 19.4. The molecule has 4 aromatic carbocycles. The average Bonchev–Trinajstić information content (AvgIpc) is 0.872. The second-order valence-electron chi connectivity index (χ2n) is 36.1. The van der Waals surface area contributed by atoms with Crippen molar-refractivity contribution in [1.82, 2.24) is 59.5 Å². The molecule has 4 aromatic heterocycles. The van der Waals surface area contributed by atoms with Crippen LogP contribution in [-0.2, 0) is 37.1 Å². The van der Waals surface area contributed by atoms with E-state index in [4.69, 9.17) is 4.74 Å². The Bertz CT molecular complexity index is 5180. The first-order chi connectivity index (χ1) is 67.9. The quantitative estimate of drug-likeness (QED) is 0.0104. The first-order valence-corrected chi connectivity index (χ1v) is 47.7. The van der Waals surface area contributed by atoms with Crippen LogP contribution in [-0.4, -0.2) is 216 Å². The van der Waals surface area contributed by atoms with Gasteiger partial charge in [-0.15, -0.1) is 52.7 Å². The number of para-hydroxylation sites is 4. The maximum atomic E-state index is 13.6. The van der Waals surface area contributed by atoms with Gasteiger partial charge in [0.15, 0.2) is 0 Å². The number of benzene rings is 4. The lowest BCUT2D eigenvalue weighted by molar-refractivity contribution is -0.384. The third kappa shape index (κ3) is 33.7. The molecule has 8 heterocycles. The fourth-order valence-corrected chi connectivity index (χ4v) is 19.0. The Morgan fingerprint density at radius 3 is 0.803 bits per heavy atom. The molecule has 4 aliphatic heterocycles.